The van der Waals surface area contributed by atoms with Crippen LogP contribution >= 0.6 is 15.9 Å². The monoisotopic (exact) mass is 607 g/mol. The van der Waals surface area contributed by atoms with Gasteiger partial charge in [-0.25, -0.2) is 13.8 Å². The molecule has 1 aliphatic rings. The van der Waals surface area contributed by atoms with E-state index in [1.54, 1.807) is 31.3 Å². The van der Waals surface area contributed by atoms with Crippen LogP contribution < -0.4 is 15.2 Å². The molecule has 0 saturated carbocycles. The molecular weight excluding hydrogens is 580 g/mol. The smallest absolute Gasteiger partial charge is 0.270 e. The zero-order valence-electron chi connectivity index (χ0n) is 22.5. The Kier molecular flexibility index (Phi) is 7.62. The minimum atomic E-state index is -0.412. The van der Waals surface area contributed by atoms with E-state index in [4.69, 9.17) is 4.74 Å². The number of nitriles is 1. The highest BCUT2D eigenvalue weighted by atomic mass is 79.9. The first-order valence-corrected chi connectivity index (χ1v) is 13.6. The van der Waals surface area contributed by atoms with Crippen molar-refractivity contribution < 1.29 is 13.5 Å². The number of fused-ring (bicyclic) bond motifs is 1. The second-order valence-corrected chi connectivity index (χ2v) is 10.9. The SMILES string of the molecule is COc1cc(F)ccc1C(c1ccc(F)cc1)N1C[C@H](C)N(c2c(C#N)c(=O)n(C)c3ccc(Br)nc23)CC1C. The summed E-state index contributed by atoms with van der Waals surface area (Å²) in [4.78, 5) is 22.2. The maximum Gasteiger partial charge on any atom is 0.270 e. The third-order valence-corrected chi connectivity index (χ3v) is 8.06. The highest BCUT2D eigenvalue weighted by Crippen LogP contribution is 2.40. The molecule has 0 radical (unpaired) electrons. The Morgan fingerprint density at radius 2 is 1.75 bits per heavy atom. The van der Waals surface area contributed by atoms with Crippen LogP contribution in [0.1, 0.15) is 36.6 Å². The normalized spacial score (nSPS) is 18.5. The van der Waals surface area contributed by atoms with E-state index in [2.05, 4.69) is 43.7 Å². The second-order valence-electron chi connectivity index (χ2n) is 10.1. The van der Waals surface area contributed by atoms with Crippen molar-refractivity contribution in [2.75, 3.05) is 25.1 Å². The second kappa shape index (κ2) is 11.0. The molecule has 2 aromatic heterocycles. The number of aryl methyl sites for hydroxylation is 1. The number of halogens is 3. The van der Waals surface area contributed by atoms with Crippen molar-refractivity contribution in [1.29, 1.82) is 5.26 Å². The first kappa shape index (κ1) is 27.7. The minimum Gasteiger partial charge on any atom is -0.496 e. The lowest BCUT2D eigenvalue weighted by Crippen LogP contribution is -2.58. The van der Waals surface area contributed by atoms with E-state index >= 15 is 0 Å². The van der Waals surface area contributed by atoms with Gasteiger partial charge < -0.3 is 14.2 Å². The topological polar surface area (TPSA) is 74.4 Å². The number of rotatable bonds is 5. The van der Waals surface area contributed by atoms with Gasteiger partial charge in [-0.3, -0.25) is 9.69 Å². The third kappa shape index (κ3) is 4.84. The average molecular weight is 608 g/mol. The standard InChI is InChI=1S/C30H28BrF2N5O2/c1-17-16-38(29-23(14-34)30(39)36(3)24-11-12-26(31)35-27(24)29)18(2)15-37(17)28(19-5-7-20(32)8-6-19)22-10-9-21(33)13-25(22)40-4/h5-13,17-18,28H,15-16H2,1-4H3/t17?,18-,28?/m0/s1. The van der Waals surface area contributed by atoms with Gasteiger partial charge in [0.2, 0.25) is 0 Å². The van der Waals surface area contributed by atoms with Crippen molar-refractivity contribution in [3.8, 4) is 11.8 Å². The van der Waals surface area contributed by atoms with Crippen LogP contribution in [-0.2, 0) is 7.05 Å². The Bertz CT molecular complexity index is 1690. The van der Waals surface area contributed by atoms with Gasteiger partial charge in [-0.05, 0) is 65.7 Å². The largest absolute Gasteiger partial charge is 0.496 e. The van der Waals surface area contributed by atoms with Crippen LogP contribution in [0, 0.1) is 23.0 Å². The Balaban J connectivity index is 1.62. The van der Waals surface area contributed by atoms with Crippen LogP contribution in [-0.4, -0.2) is 46.7 Å². The van der Waals surface area contributed by atoms with E-state index in [0.29, 0.717) is 40.2 Å². The predicted molar refractivity (Wildman–Crippen MR) is 154 cm³/mol. The molecule has 206 valence electrons. The summed E-state index contributed by atoms with van der Waals surface area (Å²) < 4.78 is 35.7. The lowest BCUT2D eigenvalue weighted by atomic mass is 9.92. The number of hydrogen-bond acceptors (Lipinski definition) is 6. The highest BCUT2D eigenvalue weighted by molar-refractivity contribution is 9.10. The fourth-order valence-corrected chi connectivity index (χ4v) is 5.99. The molecule has 0 bridgehead atoms. The van der Waals surface area contributed by atoms with E-state index < -0.39 is 5.82 Å². The summed E-state index contributed by atoms with van der Waals surface area (Å²) in [5, 5.41) is 10.1. The molecule has 1 aliphatic heterocycles. The zero-order chi connectivity index (χ0) is 28.7. The summed E-state index contributed by atoms with van der Waals surface area (Å²) in [6, 6.07) is 15.9. The molecule has 1 saturated heterocycles. The molecule has 2 aromatic carbocycles. The van der Waals surface area contributed by atoms with Crippen molar-refractivity contribution in [2.45, 2.75) is 32.0 Å². The quantitative estimate of drug-likeness (QED) is 0.277. The molecule has 4 aromatic rings. The summed E-state index contributed by atoms with van der Waals surface area (Å²) in [6.45, 7) is 5.10. The highest BCUT2D eigenvalue weighted by Gasteiger charge is 2.38. The van der Waals surface area contributed by atoms with Crippen LogP contribution in [0.2, 0.25) is 0 Å². The molecule has 5 rings (SSSR count). The number of benzene rings is 2. The molecule has 0 amide bonds. The van der Waals surface area contributed by atoms with Gasteiger partial charge in [0, 0.05) is 43.9 Å². The number of ether oxygens (including phenoxy) is 1. The van der Waals surface area contributed by atoms with E-state index in [9.17, 15) is 18.8 Å². The van der Waals surface area contributed by atoms with Gasteiger partial charge in [-0.15, -0.1) is 0 Å². The van der Waals surface area contributed by atoms with Gasteiger partial charge in [-0.1, -0.05) is 18.2 Å². The lowest BCUT2D eigenvalue weighted by Gasteiger charge is -2.48. The van der Waals surface area contributed by atoms with E-state index in [-0.39, 0.29) is 35.1 Å². The van der Waals surface area contributed by atoms with E-state index in [1.807, 2.05) is 13.0 Å². The first-order valence-electron chi connectivity index (χ1n) is 12.8. The van der Waals surface area contributed by atoms with Gasteiger partial charge in [-0.2, -0.15) is 5.26 Å². The maximum atomic E-state index is 14.1. The number of hydrogen-bond donors (Lipinski definition) is 0. The van der Waals surface area contributed by atoms with E-state index in [1.165, 1.54) is 35.9 Å². The van der Waals surface area contributed by atoms with Crippen molar-refractivity contribution >= 4 is 32.7 Å². The van der Waals surface area contributed by atoms with Gasteiger partial charge in [0.1, 0.15) is 39.1 Å². The summed E-state index contributed by atoms with van der Waals surface area (Å²) in [6.07, 6.45) is 0. The summed E-state index contributed by atoms with van der Waals surface area (Å²) >= 11 is 3.44. The average Bonchev–Trinajstić information content (AvgIpc) is 2.94. The first-order chi connectivity index (χ1) is 19.1. The van der Waals surface area contributed by atoms with E-state index in [0.717, 1.165) is 11.1 Å². The van der Waals surface area contributed by atoms with Crippen LogP contribution in [0.15, 0.2) is 64.0 Å². The number of methoxy groups -OCH3 is 1. The molecule has 7 nitrogen and oxygen atoms in total. The number of aromatic nitrogens is 2. The summed E-state index contributed by atoms with van der Waals surface area (Å²) in [5.74, 6) is -0.361. The molecule has 40 heavy (non-hydrogen) atoms. The van der Waals surface area contributed by atoms with Crippen molar-refractivity contribution in [3.63, 3.8) is 0 Å². The van der Waals surface area contributed by atoms with Gasteiger partial charge in [0.25, 0.3) is 5.56 Å². The Morgan fingerprint density at radius 1 is 1.05 bits per heavy atom. The predicted octanol–water partition coefficient (Wildman–Crippen LogP) is 5.54. The fraction of sp³-hybridized carbons (Fsp3) is 0.300. The molecule has 0 N–H and O–H groups in total. The maximum absolute atomic E-state index is 14.1. The Labute approximate surface area is 239 Å². The van der Waals surface area contributed by atoms with Crippen molar-refractivity contribution in [2.24, 2.45) is 7.05 Å². The van der Waals surface area contributed by atoms with Gasteiger partial charge >= 0.3 is 0 Å². The molecule has 0 spiro atoms. The van der Waals surface area contributed by atoms with Crippen LogP contribution in [0.4, 0.5) is 14.5 Å². The molecule has 1 fully saturated rings. The molecule has 0 aliphatic carbocycles. The molecule has 10 heteroatoms. The van der Waals surface area contributed by atoms with Crippen LogP contribution in [0.5, 0.6) is 5.75 Å². The molecule has 2 unspecified atom stereocenters. The Hall–Kier alpha value is -3.81. The van der Waals surface area contributed by atoms with Crippen molar-refractivity contribution in [3.05, 3.63) is 97.9 Å². The van der Waals surface area contributed by atoms with Crippen LogP contribution in [0.25, 0.3) is 11.0 Å². The molecular formula is C30H28BrF2N5O2. The summed E-state index contributed by atoms with van der Waals surface area (Å²) in [7, 11) is 3.14. The van der Waals surface area contributed by atoms with Gasteiger partial charge in [0.05, 0.1) is 24.4 Å². The third-order valence-electron chi connectivity index (χ3n) is 7.62. The number of piperazine rings is 1. The molecule has 3 heterocycles. The molecule has 3 atom stereocenters. The van der Waals surface area contributed by atoms with Crippen LogP contribution in [0.3, 0.4) is 0 Å². The zero-order valence-corrected chi connectivity index (χ0v) is 24.1. The minimum absolute atomic E-state index is 0.0448. The summed E-state index contributed by atoms with van der Waals surface area (Å²) in [5.41, 5.74) is 2.96. The Morgan fingerprint density at radius 3 is 2.42 bits per heavy atom. The van der Waals surface area contributed by atoms with Crippen molar-refractivity contribution in [1.82, 2.24) is 14.5 Å². The lowest BCUT2D eigenvalue weighted by molar-refractivity contribution is 0.128. The fourth-order valence-electron chi connectivity index (χ4n) is 5.68. The van der Waals surface area contributed by atoms with Gasteiger partial charge in [0.15, 0.2) is 0 Å². The number of anilines is 1. The number of nitrogens with zero attached hydrogens (tertiary/aromatic N) is 5. The number of pyridine rings is 2.